The minimum Gasteiger partial charge on any atom is -0.391 e. The van der Waals surface area contributed by atoms with E-state index in [9.17, 15) is 37.5 Å². The summed E-state index contributed by atoms with van der Waals surface area (Å²) in [6, 6.07) is 15.3. The van der Waals surface area contributed by atoms with Gasteiger partial charge in [-0.3, -0.25) is 24.0 Å². The summed E-state index contributed by atoms with van der Waals surface area (Å²) in [7, 11) is 0. The highest BCUT2D eigenvalue weighted by molar-refractivity contribution is 14.1. The van der Waals surface area contributed by atoms with Crippen LogP contribution in [0.4, 0.5) is 24.5 Å². The van der Waals surface area contributed by atoms with Gasteiger partial charge in [-0.15, -0.1) is 11.3 Å². The van der Waals surface area contributed by atoms with E-state index in [1.807, 2.05) is 67.6 Å². The Morgan fingerprint density at radius 1 is 0.944 bits per heavy atom. The van der Waals surface area contributed by atoms with E-state index in [4.69, 9.17) is 15.1 Å². The monoisotopic (exact) mass is 1110 g/mol. The van der Waals surface area contributed by atoms with Crippen LogP contribution in [0.3, 0.4) is 0 Å². The number of unbranched alkanes of at least 4 members (excludes halogenated alkanes) is 5. The molecule has 0 aliphatic carbocycles. The van der Waals surface area contributed by atoms with Crippen molar-refractivity contribution in [2.45, 2.75) is 109 Å². The first kappa shape index (κ1) is 54.9. The van der Waals surface area contributed by atoms with Crippen molar-refractivity contribution in [1.82, 2.24) is 31.2 Å². The third-order valence-electron chi connectivity index (χ3n) is 12.7. The van der Waals surface area contributed by atoms with Crippen LogP contribution in [0.15, 0.2) is 70.7 Å². The normalized spacial score (nSPS) is 16.5. The number of nitrogens with zero attached hydrogens (tertiary/aromatic N) is 3. The Kier molecular flexibility index (Phi) is 20.0. The Labute approximate surface area is 429 Å². The maximum atomic E-state index is 14.7. The van der Waals surface area contributed by atoms with Crippen molar-refractivity contribution in [3.63, 3.8) is 0 Å². The molecule has 3 aromatic carbocycles. The molecule has 5 aromatic rings. The molecule has 2 aromatic heterocycles. The zero-order chi connectivity index (χ0) is 51.2. The number of aliphatic hydroxyl groups excluding tert-OH is 1. The van der Waals surface area contributed by atoms with Crippen molar-refractivity contribution < 1.29 is 46.8 Å². The van der Waals surface area contributed by atoms with Crippen molar-refractivity contribution in [2.75, 3.05) is 38.1 Å². The quantitative estimate of drug-likeness (QED) is 0.0175. The number of hydroxylamine groups is 1. The van der Waals surface area contributed by atoms with Gasteiger partial charge in [-0.25, -0.2) is 23.6 Å². The fraction of sp³-hybridized carbons (Fsp3) is 0.451. The summed E-state index contributed by atoms with van der Waals surface area (Å²) in [6.07, 6.45) is 4.73. The Bertz CT molecular complexity index is 2620. The van der Waals surface area contributed by atoms with E-state index in [0.29, 0.717) is 40.1 Å². The molecule has 7 N–H and O–H groups in total. The summed E-state index contributed by atoms with van der Waals surface area (Å²) in [6.45, 7) is 9.25. The molecule has 0 spiro atoms. The number of rotatable bonds is 26. The highest BCUT2D eigenvalue weighted by Crippen LogP contribution is 2.46. The molecule has 0 bridgehead atoms. The minimum absolute atomic E-state index is 0.120. The Hall–Kier alpha value is -5.42. The molecule has 3 heterocycles. The van der Waals surface area contributed by atoms with E-state index in [-0.39, 0.29) is 49.1 Å². The van der Waals surface area contributed by atoms with Gasteiger partial charge in [-0.05, 0) is 116 Å². The lowest BCUT2D eigenvalue weighted by Crippen LogP contribution is -2.61. The topological polar surface area (TPSA) is 214 Å². The van der Waals surface area contributed by atoms with Crippen molar-refractivity contribution >= 4 is 68.9 Å². The molecular formula is C51H62F3IN8O7S. The third kappa shape index (κ3) is 14.0. The third-order valence-corrected chi connectivity index (χ3v) is 14.3. The molecular weight excluding hydrogens is 1050 g/mol. The van der Waals surface area contributed by atoms with Crippen molar-refractivity contribution in [1.29, 1.82) is 0 Å². The highest BCUT2D eigenvalue weighted by atomic mass is 127. The van der Waals surface area contributed by atoms with E-state index in [1.54, 1.807) is 24.6 Å². The molecule has 1 aliphatic heterocycles. The van der Waals surface area contributed by atoms with Crippen LogP contribution in [0.5, 0.6) is 0 Å². The molecule has 6 rings (SSSR count). The first-order valence-corrected chi connectivity index (χ1v) is 25.8. The number of carbonyl (C=O) groups is 4. The summed E-state index contributed by atoms with van der Waals surface area (Å²) in [5.74, 6) is -7.21. The van der Waals surface area contributed by atoms with Gasteiger partial charge in [-0.1, -0.05) is 69.0 Å². The van der Waals surface area contributed by atoms with Crippen molar-refractivity contribution in [2.24, 2.45) is 11.7 Å². The molecule has 0 radical (unpaired) electrons. The lowest BCUT2D eigenvalue weighted by atomic mass is 9.73. The number of carbonyl (C=O) groups excluding carboxylic acids is 4. The van der Waals surface area contributed by atoms with Gasteiger partial charge < -0.3 is 36.2 Å². The fourth-order valence-electron chi connectivity index (χ4n) is 9.09. The number of amides is 4. The number of nitrogens with two attached hydrogens (primary N) is 1. The Morgan fingerprint density at radius 2 is 1.65 bits per heavy atom. The van der Waals surface area contributed by atoms with Gasteiger partial charge >= 0.3 is 0 Å². The van der Waals surface area contributed by atoms with E-state index in [1.165, 1.54) is 28.4 Å². The summed E-state index contributed by atoms with van der Waals surface area (Å²) >= 11 is 3.42. The number of benzene rings is 3. The van der Waals surface area contributed by atoms with E-state index in [2.05, 4.69) is 31.6 Å². The number of thiazole rings is 1. The molecule has 382 valence electrons. The Morgan fingerprint density at radius 3 is 2.30 bits per heavy atom. The molecule has 1 fully saturated rings. The van der Waals surface area contributed by atoms with Crippen LogP contribution in [-0.2, 0) is 19.2 Å². The van der Waals surface area contributed by atoms with Crippen LogP contribution >= 0.6 is 33.9 Å². The second-order valence-electron chi connectivity index (χ2n) is 18.2. The number of aromatic nitrogens is 2. The first-order valence-electron chi connectivity index (χ1n) is 23.8. The lowest BCUT2D eigenvalue weighted by molar-refractivity contribution is -0.148. The lowest BCUT2D eigenvalue weighted by Gasteiger charge is -2.43. The van der Waals surface area contributed by atoms with Gasteiger partial charge in [0.05, 0.1) is 51.4 Å². The van der Waals surface area contributed by atoms with Gasteiger partial charge in [-0.2, -0.15) is 0 Å². The maximum Gasteiger partial charge on any atom is 0.277 e. The highest BCUT2D eigenvalue weighted by Gasteiger charge is 2.58. The fourth-order valence-corrected chi connectivity index (χ4v) is 10.4. The van der Waals surface area contributed by atoms with Crippen LogP contribution in [0.2, 0.25) is 0 Å². The summed E-state index contributed by atoms with van der Waals surface area (Å²) in [5.41, 5.74) is 10.7. The van der Waals surface area contributed by atoms with Gasteiger partial charge in [0, 0.05) is 41.5 Å². The number of hydrogen-bond donors (Lipinski definition) is 6. The van der Waals surface area contributed by atoms with Crippen molar-refractivity contribution in [3.05, 3.63) is 115 Å². The standard InChI is InChI=1S/C51H62F3IN8O7S/c1-30(2)44(42-24-31(3)61-70-42)49(67)63-28-36(64)27-51(63,50(56)68)38(33-12-14-34(15-13-33)47-32(4)59-29-71-47)26-43(65)58-22-10-8-6-5-7-9-20-57-21-11-23-69-62-48(66)37-17-18-39(52)45(54)46(37)60-41-19-16-35(55)25-40(41)53/h12-19,24-25,29-30,36,38,44,57,60,64H,5-11,20-23,26-28H2,1-4H3,(H2,56,68)(H,58,65)(H,62,66)/t36?,38-,44+,51?/m0/s1. The van der Waals surface area contributed by atoms with E-state index in [0.717, 1.165) is 73.3 Å². The smallest absolute Gasteiger partial charge is 0.277 e. The molecule has 20 heteroatoms. The summed E-state index contributed by atoms with van der Waals surface area (Å²) < 4.78 is 49.4. The van der Waals surface area contributed by atoms with Gasteiger partial charge in [0.15, 0.2) is 11.6 Å². The number of aliphatic hydroxyl groups is 1. The van der Waals surface area contributed by atoms with Crippen LogP contribution in [0.1, 0.15) is 117 Å². The second kappa shape index (κ2) is 25.8. The first-order chi connectivity index (χ1) is 34.0. The molecule has 2 unspecified atom stereocenters. The number of hydrogen-bond acceptors (Lipinski definition) is 12. The average Bonchev–Trinajstić information content (AvgIpc) is 4.07. The molecule has 71 heavy (non-hydrogen) atoms. The summed E-state index contributed by atoms with van der Waals surface area (Å²) in [4.78, 5) is 67.3. The molecule has 4 amide bonds. The molecule has 4 atom stereocenters. The molecule has 1 aliphatic rings. The number of anilines is 2. The molecule has 1 saturated heterocycles. The van der Waals surface area contributed by atoms with Gasteiger partial charge in [0.1, 0.15) is 23.0 Å². The van der Waals surface area contributed by atoms with E-state index >= 15 is 0 Å². The van der Waals surface area contributed by atoms with Crippen LogP contribution in [-0.4, -0.2) is 88.2 Å². The number of primary amides is 1. The second-order valence-corrected chi connectivity index (χ2v) is 20.3. The predicted octanol–water partition coefficient (Wildman–Crippen LogP) is 8.71. The predicted molar refractivity (Wildman–Crippen MR) is 273 cm³/mol. The number of halogens is 4. The maximum absolute atomic E-state index is 14.7. The van der Waals surface area contributed by atoms with Crippen LogP contribution in [0.25, 0.3) is 10.4 Å². The van der Waals surface area contributed by atoms with E-state index < -0.39 is 64.3 Å². The number of β-amino-alcohol motifs (C(OH)–C–C–N with tert-alkyl or cyclic N) is 1. The molecule has 0 saturated carbocycles. The Balaban J connectivity index is 0.936. The zero-order valence-corrected chi connectivity index (χ0v) is 43.3. The van der Waals surface area contributed by atoms with Gasteiger partial charge in [0.2, 0.25) is 17.7 Å². The summed E-state index contributed by atoms with van der Waals surface area (Å²) in [5, 5.41) is 24.1. The number of aryl methyl sites for hydroxylation is 2. The largest absolute Gasteiger partial charge is 0.391 e. The SMILES string of the molecule is Cc1cc([C@H](C(=O)N2CC(O)CC2(C(N)=O)[C@@H](CC(=O)NCCCCCCCCNCCCONC(=O)c2ccc(F)c(F)c2Nc2ccc(I)cc2F)c2ccc(-c3scnc3C)cc2)C(C)C)on1. The average molecular weight is 1120 g/mol. The van der Waals surface area contributed by atoms with Crippen molar-refractivity contribution in [3.8, 4) is 10.4 Å². The molecule has 15 nitrogen and oxygen atoms in total. The van der Waals surface area contributed by atoms with Crippen LogP contribution < -0.4 is 27.2 Å². The van der Waals surface area contributed by atoms with Gasteiger partial charge in [0.25, 0.3) is 5.91 Å². The van der Waals surface area contributed by atoms with Crippen LogP contribution in [0, 0.1) is 40.8 Å². The number of likely N-dealkylation sites (tertiary alicyclic amines) is 1. The minimum atomic E-state index is -1.73. The zero-order valence-electron chi connectivity index (χ0n) is 40.3. The number of nitrogens with one attached hydrogen (secondary N) is 4.